The zero-order valence-electron chi connectivity index (χ0n) is 11.1. The molecule has 2 aromatic rings. The van der Waals surface area contributed by atoms with Crippen LogP contribution >= 0.6 is 0 Å². The molecule has 6 heteroatoms. The van der Waals surface area contributed by atoms with Crippen LogP contribution in [-0.2, 0) is 18.3 Å². The average molecular weight is 264 g/mol. The van der Waals surface area contributed by atoms with E-state index in [0.717, 1.165) is 17.8 Å². The summed E-state index contributed by atoms with van der Waals surface area (Å²) >= 11 is 0. The smallest absolute Gasteiger partial charge is 0.142 e. The first-order valence-corrected chi connectivity index (χ1v) is 6.04. The first-order chi connectivity index (χ1) is 9.20. The van der Waals surface area contributed by atoms with Crippen LogP contribution in [0.5, 0.6) is 0 Å². The molecule has 0 bridgehead atoms. The lowest BCUT2D eigenvalue weighted by Gasteiger charge is -2.04. The fourth-order valence-electron chi connectivity index (χ4n) is 1.85. The Morgan fingerprint density at radius 3 is 3.00 bits per heavy atom. The van der Waals surface area contributed by atoms with Crippen LogP contribution in [0.25, 0.3) is 11.3 Å². The molecule has 19 heavy (non-hydrogen) atoms. The van der Waals surface area contributed by atoms with Gasteiger partial charge in [-0.2, -0.15) is 5.10 Å². The number of nitrogens with one attached hydrogen (secondary N) is 1. The van der Waals surface area contributed by atoms with Gasteiger partial charge in [-0.25, -0.2) is 4.39 Å². The third-order valence-electron chi connectivity index (χ3n) is 2.68. The number of methoxy groups -OCH3 is 1. The minimum atomic E-state index is -0.360. The lowest BCUT2D eigenvalue weighted by Crippen LogP contribution is -2.18. The topological polar surface area (TPSA) is 52.0 Å². The average Bonchev–Trinajstić information content (AvgIpc) is 2.76. The minimum Gasteiger partial charge on any atom is -0.383 e. The molecule has 0 fully saturated rings. The summed E-state index contributed by atoms with van der Waals surface area (Å²) < 4.78 is 19.9. The normalized spacial score (nSPS) is 10.9. The minimum absolute atomic E-state index is 0.360. The van der Waals surface area contributed by atoms with E-state index in [-0.39, 0.29) is 5.82 Å². The summed E-state index contributed by atoms with van der Waals surface area (Å²) in [6.45, 7) is 2.06. The van der Waals surface area contributed by atoms with Gasteiger partial charge in [0, 0.05) is 50.8 Å². The van der Waals surface area contributed by atoms with E-state index in [1.54, 1.807) is 18.0 Å². The van der Waals surface area contributed by atoms with E-state index in [0.29, 0.717) is 18.7 Å². The van der Waals surface area contributed by atoms with Gasteiger partial charge in [0.1, 0.15) is 5.82 Å². The van der Waals surface area contributed by atoms with E-state index in [9.17, 15) is 4.39 Å². The number of pyridine rings is 1. The van der Waals surface area contributed by atoms with Crippen molar-refractivity contribution in [2.24, 2.45) is 7.05 Å². The molecular formula is C13H17FN4O. The zero-order valence-corrected chi connectivity index (χ0v) is 11.1. The fraction of sp³-hybridized carbons (Fsp3) is 0.385. The highest BCUT2D eigenvalue weighted by molar-refractivity contribution is 5.61. The zero-order chi connectivity index (χ0) is 13.7. The molecule has 0 amide bonds. The van der Waals surface area contributed by atoms with Crippen molar-refractivity contribution in [2.75, 3.05) is 20.3 Å². The second kappa shape index (κ2) is 6.40. The Balaban J connectivity index is 2.16. The van der Waals surface area contributed by atoms with E-state index in [2.05, 4.69) is 15.4 Å². The fourth-order valence-corrected chi connectivity index (χ4v) is 1.85. The molecular weight excluding hydrogens is 247 g/mol. The van der Waals surface area contributed by atoms with Crippen LogP contribution in [0.3, 0.4) is 0 Å². The van der Waals surface area contributed by atoms with E-state index < -0.39 is 0 Å². The van der Waals surface area contributed by atoms with Crippen LogP contribution in [0.1, 0.15) is 5.56 Å². The number of aromatic nitrogens is 3. The quantitative estimate of drug-likeness (QED) is 0.800. The van der Waals surface area contributed by atoms with Gasteiger partial charge >= 0.3 is 0 Å². The van der Waals surface area contributed by atoms with Gasteiger partial charge in [-0.3, -0.25) is 9.67 Å². The molecule has 0 aliphatic rings. The van der Waals surface area contributed by atoms with Crippen LogP contribution in [0.4, 0.5) is 4.39 Å². The number of nitrogens with zero attached hydrogens (tertiary/aromatic N) is 3. The van der Waals surface area contributed by atoms with Crippen LogP contribution in [0, 0.1) is 5.82 Å². The Kier molecular flexibility index (Phi) is 4.59. The van der Waals surface area contributed by atoms with Crippen LogP contribution in [-0.4, -0.2) is 35.0 Å². The molecule has 2 rings (SSSR count). The molecule has 2 aromatic heterocycles. The summed E-state index contributed by atoms with van der Waals surface area (Å²) in [5.74, 6) is -0.360. The molecule has 5 nitrogen and oxygen atoms in total. The van der Waals surface area contributed by atoms with E-state index in [1.165, 1.54) is 12.3 Å². The maximum absolute atomic E-state index is 13.2. The van der Waals surface area contributed by atoms with E-state index in [1.807, 2.05) is 13.2 Å². The van der Waals surface area contributed by atoms with Crippen molar-refractivity contribution in [3.63, 3.8) is 0 Å². The first-order valence-electron chi connectivity index (χ1n) is 6.04. The monoisotopic (exact) mass is 264 g/mol. The summed E-state index contributed by atoms with van der Waals surface area (Å²) in [5.41, 5.74) is 2.44. The highest BCUT2D eigenvalue weighted by Gasteiger charge is 2.10. The highest BCUT2D eigenvalue weighted by Crippen LogP contribution is 2.21. The number of halogens is 1. The molecule has 1 N–H and O–H groups in total. The highest BCUT2D eigenvalue weighted by atomic mass is 19.1. The molecule has 0 aromatic carbocycles. The van der Waals surface area contributed by atoms with Crippen molar-refractivity contribution in [1.29, 1.82) is 0 Å². The van der Waals surface area contributed by atoms with Crippen molar-refractivity contribution >= 4 is 0 Å². The van der Waals surface area contributed by atoms with Crippen molar-refractivity contribution in [3.05, 3.63) is 36.0 Å². The molecule has 102 valence electrons. The van der Waals surface area contributed by atoms with Gasteiger partial charge in [-0.15, -0.1) is 0 Å². The molecule has 0 saturated heterocycles. The number of ether oxygens (including phenoxy) is 1. The van der Waals surface area contributed by atoms with Crippen LogP contribution in [0.2, 0.25) is 0 Å². The van der Waals surface area contributed by atoms with Gasteiger partial charge < -0.3 is 10.1 Å². The van der Waals surface area contributed by atoms with Gasteiger partial charge in [0.15, 0.2) is 0 Å². The second-order valence-electron chi connectivity index (χ2n) is 4.24. The Labute approximate surface area is 111 Å². The van der Waals surface area contributed by atoms with Crippen molar-refractivity contribution < 1.29 is 9.13 Å². The predicted octanol–water partition coefficient (Wildman–Crippen LogP) is 1.36. The summed E-state index contributed by atoms with van der Waals surface area (Å²) in [7, 11) is 3.50. The Morgan fingerprint density at radius 1 is 1.42 bits per heavy atom. The molecule has 2 heterocycles. The van der Waals surface area contributed by atoms with Crippen molar-refractivity contribution in [3.8, 4) is 11.3 Å². The van der Waals surface area contributed by atoms with Crippen LogP contribution < -0.4 is 5.32 Å². The largest absolute Gasteiger partial charge is 0.383 e. The van der Waals surface area contributed by atoms with Crippen LogP contribution in [0.15, 0.2) is 24.7 Å². The number of hydrogen-bond acceptors (Lipinski definition) is 4. The van der Waals surface area contributed by atoms with Gasteiger partial charge in [0.05, 0.1) is 18.5 Å². The third kappa shape index (κ3) is 3.59. The molecule has 0 aliphatic heterocycles. The number of aryl methyl sites for hydroxylation is 1. The maximum Gasteiger partial charge on any atom is 0.142 e. The molecule has 0 aliphatic carbocycles. The summed E-state index contributed by atoms with van der Waals surface area (Å²) in [4.78, 5) is 3.86. The lowest BCUT2D eigenvalue weighted by atomic mass is 10.1. The summed E-state index contributed by atoms with van der Waals surface area (Å²) in [5, 5.41) is 7.61. The van der Waals surface area contributed by atoms with Gasteiger partial charge in [-0.05, 0) is 6.07 Å². The second-order valence-corrected chi connectivity index (χ2v) is 4.24. The van der Waals surface area contributed by atoms with Crippen molar-refractivity contribution in [1.82, 2.24) is 20.1 Å². The Hall–Kier alpha value is -1.79. The Bertz CT molecular complexity index is 541. The number of rotatable bonds is 6. The van der Waals surface area contributed by atoms with E-state index in [4.69, 9.17) is 4.74 Å². The standard InChI is InChI=1S/C13H17FN4O/c1-18-9-11(7-15-3-4-19-2)13(17-18)10-5-12(14)8-16-6-10/h5-6,8-9,15H,3-4,7H2,1-2H3. The first kappa shape index (κ1) is 13.6. The number of hydrogen-bond donors (Lipinski definition) is 1. The predicted molar refractivity (Wildman–Crippen MR) is 70.0 cm³/mol. The summed E-state index contributed by atoms with van der Waals surface area (Å²) in [6.07, 6.45) is 4.72. The van der Waals surface area contributed by atoms with Gasteiger partial charge in [0.25, 0.3) is 0 Å². The van der Waals surface area contributed by atoms with Gasteiger partial charge in [-0.1, -0.05) is 0 Å². The lowest BCUT2D eigenvalue weighted by molar-refractivity contribution is 0.199. The molecule has 0 saturated carbocycles. The SMILES string of the molecule is COCCNCc1cn(C)nc1-c1cncc(F)c1. The molecule has 0 unspecified atom stereocenters. The molecule has 0 atom stereocenters. The van der Waals surface area contributed by atoms with Gasteiger partial charge in [0.2, 0.25) is 0 Å². The maximum atomic E-state index is 13.2. The third-order valence-corrected chi connectivity index (χ3v) is 2.68. The summed E-state index contributed by atoms with van der Waals surface area (Å²) in [6, 6.07) is 1.44. The van der Waals surface area contributed by atoms with E-state index >= 15 is 0 Å². The molecule has 0 spiro atoms. The van der Waals surface area contributed by atoms with Crippen molar-refractivity contribution in [2.45, 2.75) is 6.54 Å². The molecule has 0 radical (unpaired) electrons. The Morgan fingerprint density at radius 2 is 2.26 bits per heavy atom.